The van der Waals surface area contributed by atoms with Crippen LogP contribution in [0.4, 0.5) is 0 Å². The zero-order valence-corrected chi connectivity index (χ0v) is 7.10. The van der Waals surface area contributed by atoms with Crippen molar-refractivity contribution < 1.29 is 9.53 Å². The lowest BCUT2D eigenvalue weighted by atomic mass is 10.1. The van der Waals surface area contributed by atoms with E-state index in [1.54, 1.807) is 12.1 Å². The van der Waals surface area contributed by atoms with Crippen LogP contribution in [0.15, 0.2) is 18.2 Å². The summed E-state index contributed by atoms with van der Waals surface area (Å²) < 4.78 is 5.28. The maximum Gasteiger partial charge on any atom is 0.252 e. The van der Waals surface area contributed by atoms with Crippen molar-refractivity contribution in [3.8, 4) is 5.75 Å². The van der Waals surface area contributed by atoms with Gasteiger partial charge in [0.1, 0.15) is 5.75 Å². The number of ether oxygens (including phenoxy) is 1. The fourth-order valence-corrected chi connectivity index (χ4v) is 1.41. The molecule has 1 aromatic rings. The average Bonchev–Trinajstić information content (AvgIpc) is 2.49. The molecule has 1 aromatic carbocycles. The number of fused-ring (bicyclic) bond motifs is 1. The molecule has 1 heterocycles. The molecule has 1 aliphatic heterocycles. The van der Waals surface area contributed by atoms with Crippen molar-refractivity contribution in [2.45, 2.75) is 6.42 Å². The Morgan fingerprint density at radius 2 is 2.33 bits per heavy atom. The Balaban J connectivity index is 2.45. The standard InChI is InChI=1S/C9H7ClO2/c10-9(11)7-2-1-6-3-4-12-8(6)5-7/h1-2,5H,3-4H2. The summed E-state index contributed by atoms with van der Waals surface area (Å²) in [5.74, 6) is 0.793. The molecule has 0 fully saturated rings. The Morgan fingerprint density at radius 3 is 3.08 bits per heavy atom. The topological polar surface area (TPSA) is 26.3 Å². The van der Waals surface area contributed by atoms with E-state index >= 15 is 0 Å². The van der Waals surface area contributed by atoms with Crippen molar-refractivity contribution in [2.24, 2.45) is 0 Å². The lowest BCUT2D eigenvalue weighted by Crippen LogP contribution is -1.89. The van der Waals surface area contributed by atoms with Crippen molar-refractivity contribution in [3.63, 3.8) is 0 Å². The fraction of sp³-hybridized carbons (Fsp3) is 0.222. The van der Waals surface area contributed by atoms with Crippen molar-refractivity contribution >= 4 is 16.8 Å². The highest BCUT2D eigenvalue weighted by Gasteiger charge is 2.13. The van der Waals surface area contributed by atoms with Crippen LogP contribution in [0.5, 0.6) is 5.75 Å². The van der Waals surface area contributed by atoms with Crippen LogP contribution in [0.25, 0.3) is 0 Å². The van der Waals surface area contributed by atoms with E-state index in [-0.39, 0.29) is 0 Å². The molecule has 0 aromatic heterocycles. The molecule has 0 N–H and O–H groups in total. The Hall–Kier alpha value is -1.02. The third kappa shape index (κ3) is 1.18. The van der Waals surface area contributed by atoms with Crippen LogP contribution in [0, 0.1) is 0 Å². The molecule has 0 saturated heterocycles. The van der Waals surface area contributed by atoms with E-state index in [0.717, 1.165) is 17.7 Å². The average molecular weight is 183 g/mol. The van der Waals surface area contributed by atoms with E-state index < -0.39 is 5.24 Å². The zero-order valence-electron chi connectivity index (χ0n) is 6.34. The van der Waals surface area contributed by atoms with Gasteiger partial charge in [0.2, 0.25) is 0 Å². The number of rotatable bonds is 1. The summed E-state index contributed by atoms with van der Waals surface area (Å²) in [6.45, 7) is 0.704. The SMILES string of the molecule is O=C(Cl)c1ccc2c(c1)OCC2. The van der Waals surface area contributed by atoms with Crippen LogP contribution in [0.3, 0.4) is 0 Å². The quantitative estimate of drug-likeness (QED) is 0.621. The molecule has 3 heteroatoms. The summed E-state index contributed by atoms with van der Waals surface area (Å²) in [5, 5.41) is -0.437. The number of carbonyl (C=O) groups is 1. The number of hydrogen-bond acceptors (Lipinski definition) is 2. The molecule has 2 rings (SSSR count). The number of halogens is 1. The maximum absolute atomic E-state index is 10.8. The number of benzene rings is 1. The van der Waals surface area contributed by atoms with Crippen molar-refractivity contribution in [1.82, 2.24) is 0 Å². The molecular formula is C9H7ClO2. The van der Waals surface area contributed by atoms with Crippen molar-refractivity contribution in [3.05, 3.63) is 29.3 Å². The summed E-state index contributed by atoms with van der Waals surface area (Å²) in [6.07, 6.45) is 0.923. The van der Waals surface area contributed by atoms with Gasteiger partial charge in [-0.05, 0) is 29.3 Å². The first-order chi connectivity index (χ1) is 5.77. The van der Waals surface area contributed by atoms with Crippen LogP contribution in [-0.4, -0.2) is 11.8 Å². The van der Waals surface area contributed by atoms with Gasteiger partial charge in [-0.15, -0.1) is 0 Å². The Labute approximate surface area is 75.1 Å². The van der Waals surface area contributed by atoms with Crippen molar-refractivity contribution in [2.75, 3.05) is 6.61 Å². The van der Waals surface area contributed by atoms with Gasteiger partial charge in [-0.1, -0.05) is 6.07 Å². The Bertz CT molecular complexity index is 333. The Kier molecular flexibility index (Phi) is 1.77. The van der Waals surface area contributed by atoms with Gasteiger partial charge in [-0.3, -0.25) is 4.79 Å². The number of carbonyl (C=O) groups excluding carboxylic acids is 1. The van der Waals surface area contributed by atoms with E-state index in [2.05, 4.69) is 0 Å². The third-order valence-corrected chi connectivity index (χ3v) is 2.14. The molecule has 0 bridgehead atoms. The molecular weight excluding hydrogens is 176 g/mol. The smallest absolute Gasteiger partial charge is 0.252 e. The molecule has 0 aliphatic carbocycles. The summed E-state index contributed by atoms with van der Waals surface area (Å²) in [4.78, 5) is 10.8. The van der Waals surface area contributed by atoms with Crippen LogP contribution in [-0.2, 0) is 6.42 Å². The van der Waals surface area contributed by atoms with Gasteiger partial charge in [-0.2, -0.15) is 0 Å². The molecule has 0 atom stereocenters. The second-order valence-electron chi connectivity index (χ2n) is 2.69. The summed E-state index contributed by atoms with van der Waals surface area (Å²) in [5.41, 5.74) is 1.65. The highest BCUT2D eigenvalue weighted by Crippen LogP contribution is 2.26. The molecule has 62 valence electrons. The summed E-state index contributed by atoms with van der Waals surface area (Å²) in [6, 6.07) is 5.30. The normalized spacial score (nSPS) is 13.8. The van der Waals surface area contributed by atoms with E-state index in [9.17, 15) is 4.79 Å². The van der Waals surface area contributed by atoms with Crippen LogP contribution in [0.2, 0.25) is 0 Å². The third-order valence-electron chi connectivity index (χ3n) is 1.92. The first-order valence-electron chi connectivity index (χ1n) is 3.73. The van der Waals surface area contributed by atoms with Gasteiger partial charge >= 0.3 is 0 Å². The highest BCUT2D eigenvalue weighted by atomic mass is 35.5. The lowest BCUT2D eigenvalue weighted by molar-refractivity contribution is 0.108. The Morgan fingerprint density at radius 1 is 1.50 bits per heavy atom. The second-order valence-corrected chi connectivity index (χ2v) is 3.04. The molecule has 0 radical (unpaired) electrons. The predicted octanol–water partition coefficient (Wildman–Crippen LogP) is 2.00. The molecule has 0 amide bonds. The molecule has 12 heavy (non-hydrogen) atoms. The van der Waals surface area contributed by atoms with Gasteiger partial charge in [-0.25, -0.2) is 0 Å². The largest absolute Gasteiger partial charge is 0.493 e. The van der Waals surface area contributed by atoms with Gasteiger partial charge in [0, 0.05) is 12.0 Å². The van der Waals surface area contributed by atoms with E-state index in [4.69, 9.17) is 16.3 Å². The molecule has 2 nitrogen and oxygen atoms in total. The van der Waals surface area contributed by atoms with Gasteiger partial charge in [0.05, 0.1) is 6.61 Å². The van der Waals surface area contributed by atoms with Crippen LogP contribution >= 0.6 is 11.6 Å². The minimum Gasteiger partial charge on any atom is -0.493 e. The molecule has 0 saturated carbocycles. The first kappa shape index (κ1) is 7.62. The van der Waals surface area contributed by atoms with Crippen LogP contribution in [0.1, 0.15) is 15.9 Å². The maximum atomic E-state index is 10.8. The second kappa shape index (κ2) is 2.79. The van der Waals surface area contributed by atoms with E-state index in [0.29, 0.717) is 12.2 Å². The summed E-state index contributed by atoms with van der Waals surface area (Å²) in [7, 11) is 0. The number of hydrogen-bond donors (Lipinski definition) is 0. The lowest BCUT2D eigenvalue weighted by Gasteiger charge is -1.99. The summed E-state index contributed by atoms with van der Waals surface area (Å²) >= 11 is 5.31. The minimum absolute atomic E-state index is 0.437. The van der Waals surface area contributed by atoms with Gasteiger partial charge in [0.25, 0.3) is 5.24 Å². The fourth-order valence-electron chi connectivity index (χ4n) is 1.29. The first-order valence-corrected chi connectivity index (χ1v) is 4.11. The predicted molar refractivity (Wildman–Crippen MR) is 45.8 cm³/mol. The monoisotopic (exact) mass is 182 g/mol. The van der Waals surface area contributed by atoms with E-state index in [1.807, 2.05) is 6.07 Å². The zero-order chi connectivity index (χ0) is 8.55. The molecule has 1 aliphatic rings. The molecule has 0 spiro atoms. The van der Waals surface area contributed by atoms with E-state index in [1.165, 1.54) is 0 Å². The molecule has 0 unspecified atom stereocenters. The van der Waals surface area contributed by atoms with Crippen LogP contribution < -0.4 is 4.74 Å². The highest BCUT2D eigenvalue weighted by molar-refractivity contribution is 6.67. The van der Waals surface area contributed by atoms with Gasteiger partial charge < -0.3 is 4.74 Å². The van der Waals surface area contributed by atoms with Gasteiger partial charge in [0.15, 0.2) is 0 Å². The van der Waals surface area contributed by atoms with Crippen molar-refractivity contribution in [1.29, 1.82) is 0 Å². The minimum atomic E-state index is -0.437.